The first-order valence-corrected chi connectivity index (χ1v) is 8.67. The van der Waals surface area contributed by atoms with Crippen molar-refractivity contribution in [3.8, 4) is 0 Å². The Balaban J connectivity index is 2.95. The minimum atomic E-state index is 0.252. The third-order valence-electron chi connectivity index (χ3n) is 2.03. The molecule has 0 aromatic carbocycles. The van der Waals surface area contributed by atoms with Crippen LogP contribution in [-0.4, -0.2) is 20.9 Å². The molecule has 0 amide bonds. The molecule has 0 aliphatic carbocycles. The fraction of sp³-hybridized carbons (Fsp3) is 0.833. The Morgan fingerprint density at radius 3 is 2.38 bits per heavy atom. The van der Waals surface area contributed by atoms with Gasteiger partial charge in [0.2, 0.25) is 0 Å². The van der Waals surface area contributed by atoms with Crippen LogP contribution in [0.1, 0.15) is 58.8 Å². The fourth-order valence-corrected chi connectivity index (χ4v) is 3.59. The molecule has 0 heterocycles. The molecular weight excluding hydrogens is 272 g/mol. The molecule has 0 atom stereocenters. The number of unbranched alkanes of at least 4 members (excludes halogenated alkanes) is 5. The van der Waals surface area contributed by atoms with Crippen molar-refractivity contribution in [2.24, 2.45) is 0 Å². The van der Waals surface area contributed by atoms with Gasteiger partial charge in [0.05, 0.1) is 0 Å². The molecule has 0 radical (unpaired) electrons. The van der Waals surface area contributed by atoms with Gasteiger partial charge in [0, 0.05) is 0 Å². The number of hydrogen-bond donors (Lipinski definition) is 0. The van der Waals surface area contributed by atoms with Crippen LogP contribution in [0.2, 0.25) is 4.47 Å². The van der Waals surface area contributed by atoms with Gasteiger partial charge in [-0.05, 0) is 0 Å². The molecule has 0 bridgehead atoms. The standard InChI is InChI=1S/C12H24Te/c1-3-5-7-8-9-10-12-13-11-6-4-2/h10,12H,3-9,11H2,1-2H3/b12-10-. The van der Waals surface area contributed by atoms with E-state index in [0.717, 1.165) is 0 Å². The van der Waals surface area contributed by atoms with E-state index in [1.807, 2.05) is 0 Å². The summed E-state index contributed by atoms with van der Waals surface area (Å²) in [6.45, 7) is 4.55. The second-order valence-corrected chi connectivity index (χ2v) is 6.34. The first-order valence-electron chi connectivity index (χ1n) is 5.68. The van der Waals surface area contributed by atoms with Gasteiger partial charge in [-0.2, -0.15) is 0 Å². The summed E-state index contributed by atoms with van der Waals surface area (Å²) in [5.74, 6) is 0. The molecule has 0 rings (SSSR count). The van der Waals surface area contributed by atoms with E-state index < -0.39 is 0 Å². The molecule has 0 aliphatic heterocycles. The molecule has 1 heteroatoms. The molecule has 0 fully saturated rings. The van der Waals surface area contributed by atoms with Crippen molar-refractivity contribution >= 4 is 20.9 Å². The second-order valence-electron chi connectivity index (χ2n) is 3.45. The second kappa shape index (κ2) is 12.5. The Morgan fingerprint density at radius 1 is 0.923 bits per heavy atom. The van der Waals surface area contributed by atoms with E-state index in [0.29, 0.717) is 0 Å². The first kappa shape index (κ1) is 13.5. The van der Waals surface area contributed by atoms with Crippen LogP contribution in [0.15, 0.2) is 10.2 Å². The SMILES string of the molecule is CCCCCC/C=C\[Te]CCCC. The number of allylic oxidation sites excluding steroid dienone is 1. The van der Waals surface area contributed by atoms with Gasteiger partial charge in [0.15, 0.2) is 0 Å². The van der Waals surface area contributed by atoms with Crippen molar-refractivity contribution in [3.63, 3.8) is 0 Å². The van der Waals surface area contributed by atoms with E-state index in [2.05, 4.69) is 24.0 Å². The summed E-state index contributed by atoms with van der Waals surface area (Å²) in [5, 5.41) is 0. The summed E-state index contributed by atoms with van der Waals surface area (Å²) in [4.78, 5) is 0. The van der Waals surface area contributed by atoms with Crippen molar-refractivity contribution < 1.29 is 0 Å². The zero-order valence-corrected chi connectivity index (χ0v) is 11.6. The zero-order chi connectivity index (χ0) is 9.78. The average Bonchev–Trinajstić information content (AvgIpc) is 2.16. The Labute approximate surface area is 94.3 Å². The van der Waals surface area contributed by atoms with Crippen LogP contribution in [0, 0.1) is 0 Å². The van der Waals surface area contributed by atoms with E-state index in [1.165, 1.54) is 49.4 Å². The molecular formula is C12H24Te. The van der Waals surface area contributed by atoms with Crippen LogP contribution in [0.4, 0.5) is 0 Å². The van der Waals surface area contributed by atoms with Crippen molar-refractivity contribution in [1.29, 1.82) is 0 Å². The van der Waals surface area contributed by atoms with E-state index >= 15 is 0 Å². The average molecular weight is 296 g/mol. The van der Waals surface area contributed by atoms with E-state index in [-0.39, 0.29) is 20.9 Å². The monoisotopic (exact) mass is 298 g/mol. The molecule has 78 valence electrons. The first-order chi connectivity index (χ1) is 6.41. The molecule has 0 saturated heterocycles. The van der Waals surface area contributed by atoms with Crippen LogP contribution in [0.25, 0.3) is 0 Å². The summed E-state index contributed by atoms with van der Waals surface area (Å²) < 4.78 is 4.00. The summed E-state index contributed by atoms with van der Waals surface area (Å²) in [5.41, 5.74) is 0. The third kappa shape index (κ3) is 12.5. The molecule has 0 aromatic rings. The van der Waals surface area contributed by atoms with Gasteiger partial charge < -0.3 is 0 Å². The number of rotatable bonds is 9. The molecule has 13 heavy (non-hydrogen) atoms. The summed E-state index contributed by atoms with van der Waals surface area (Å²) >= 11 is 0.252. The maximum atomic E-state index is 2.49. The molecule has 0 aliphatic rings. The van der Waals surface area contributed by atoms with Gasteiger partial charge in [-0.3, -0.25) is 0 Å². The normalized spacial score (nSPS) is 11.2. The predicted octanol–water partition coefficient (Wildman–Crippen LogP) is 4.39. The Bertz CT molecular complexity index is 108. The minimum absolute atomic E-state index is 0.252. The summed E-state index contributed by atoms with van der Waals surface area (Å²) in [6, 6.07) is 0. The van der Waals surface area contributed by atoms with Gasteiger partial charge in [0.25, 0.3) is 0 Å². The predicted molar refractivity (Wildman–Crippen MR) is 63.4 cm³/mol. The van der Waals surface area contributed by atoms with Gasteiger partial charge in [-0.1, -0.05) is 0 Å². The van der Waals surface area contributed by atoms with E-state index in [1.54, 1.807) is 0 Å². The molecule has 0 saturated carbocycles. The van der Waals surface area contributed by atoms with Crippen molar-refractivity contribution in [2.45, 2.75) is 63.3 Å². The van der Waals surface area contributed by atoms with Crippen molar-refractivity contribution in [3.05, 3.63) is 10.2 Å². The topological polar surface area (TPSA) is 0 Å². The Morgan fingerprint density at radius 2 is 1.69 bits per heavy atom. The molecule has 0 spiro atoms. The molecule has 0 N–H and O–H groups in total. The van der Waals surface area contributed by atoms with Gasteiger partial charge >= 0.3 is 94.4 Å². The quantitative estimate of drug-likeness (QED) is 0.437. The number of hydrogen-bond acceptors (Lipinski definition) is 0. The van der Waals surface area contributed by atoms with Crippen LogP contribution in [-0.2, 0) is 0 Å². The fourth-order valence-electron chi connectivity index (χ4n) is 1.12. The van der Waals surface area contributed by atoms with E-state index in [9.17, 15) is 0 Å². The van der Waals surface area contributed by atoms with E-state index in [4.69, 9.17) is 0 Å². The molecule has 0 aromatic heterocycles. The van der Waals surface area contributed by atoms with Gasteiger partial charge in [-0.15, -0.1) is 0 Å². The van der Waals surface area contributed by atoms with Crippen LogP contribution >= 0.6 is 0 Å². The van der Waals surface area contributed by atoms with Crippen molar-refractivity contribution in [2.75, 3.05) is 0 Å². The summed E-state index contributed by atoms with van der Waals surface area (Å²) in [6.07, 6.45) is 12.2. The van der Waals surface area contributed by atoms with Gasteiger partial charge in [-0.25, -0.2) is 0 Å². The Hall–Kier alpha value is 0.530. The summed E-state index contributed by atoms with van der Waals surface area (Å²) in [7, 11) is 0. The third-order valence-corrected chi connectivity index (χ3v) is 4.63. The molecule has 0 unspecified atom stereocenters. The zero-order valence-electron chi connectivity index (χ0n) is 9.22. The van der Waals surface area contributed by atoms with Gasteiger partial charge in [0.1, 0.15) is 0 Å². The van der Waals surface area contributed by atoms with Crippen LogP contribution < -0.4 is 0 Å². The maximum absolute atomic E-state index is 2.49. The molecule has 0 nitrogen and oxygen atoms in total. The Kier molecular flexibility index (Phi) is 13.0. The van der Waals surface area contributed by atoms with Crippen LogP contribution in [0.3, 0.4) is 0 Å². The van der Waals surface area contributed by atoms with Crippen LogP contribution in [0.5, 0.6) is 0 Å². The van der Waals surface area contributed by atoms with Crippen molar-refractivity contribution in [1.82, 2.24) is 0 Å².